The van der Waals surface area contributed by atoms with Gasteiger partial charge < -0.3 is 0 Å². The summed E-state index contributed by atoms with van der Waals surface area (Å²) < 4.78 is 0. The van der Waals surface area contributed by atoms with Gasteiger partial charge in [-0.2, -0.15) is 10.0 Å². The fourth-order valence-electron chi connectivity index (χ4n) is 2.84. The van der Waals surface area contributed by atoms with Crippen LogP contribution >= 0.6 is 0 Å². The number of hydrogen-bond acceptors (Lipinski definition) is 7. The molecule has 0 radical (unpaired) electrons. The minimum absolute atomic E-state index is 0.238. The maximum Gasteiger partial charge on any atom is 0.272 e. The van der Waals surface area contributed by atoms with Crippen LogP contribution < -0.4 is 10.9 Å². The number of ketones is 1. The third-order valence-corrected chi connectivity index (χ3v) is 4.39. The lowest BCUT2D eigenvalue weighted by atomic mass is 10.0. The molecule has 2 aromatic rings. The molecule has 0 atom stereocenters. The van der Waals surface area contributed by atoms with Gasteiger partial charge in [-0.3, -0.25) is 34.8 Å². The predicted molar refractivity (Wildman–Crippen MR) is 106 cm³/mol. The summed E-state index contributed by atoms with van der Waals surface area (Å²) in [5.41, 5.74) is 7.14. The van der Waals surface area contributed by atoms with Crippen LogP contribution in [0.3, 0.4) is 0 Å². The van der Waals surface area contributed by atoms with Gasteiger partial charge >= 0.3 is 0 Å². The van der Waals surface area contributed by atoms with Gasteiger partial charge in [0.05, 0.1) is 11.4 Å². The zero-order valence-corrected chi connectivity index (χ0v) is 15.4. The smallest absolute Gasteiger partial charge is 0.272 e. The van der Waals surface area contributed by atoms with Crippen LogP contribution in [-0.4, -0.2) is 39.4 Å². The van der Waals surface area contributed by atoms with Crippen molar-refractivity contribution in [3.63, 3.8) is 0 Å². The van der Waals surface area contributed by atoms with Crippen LogP contribution in [0.2, 0.25) is 0 Å². The molecule has 9 nitrogen and oxygen atoms in total. The first-order chi connectivity index (χ1) is 14.4. The van der Waals surface area contributed by atoms with E-state index in [9.17, 15) is 24.0 Å². The Hall–Kier alpha value is -4.53. The standard InChI is InChI=1S/C21H14N4O5/c26-17-9-10-18(27)24(17)22-15-5-1-13(2-6-15)21(30)14-3-7-16(8-4-14)23-25-19(28)11-12-20(25)29/h1-12,22-23H. The topological polar surface area (TPSA) is 116 Å². The molecular weight excluding hydrogens is 388 g/mol. The molecule has 0 spiro atoms. The first-order valence-corrected chi connectivity index (χ1v) is 8.83. The molecule has 2 aliphatic rings. The number of amides is 4. The van der Waals surface area contributed by atoms with Gasteiger partial charge in [0.1, 0.15) is 0 Å². The van der Waals surface area contributed by atoms with Crippen LogP contribution in [-0.2, 0) is 19.2 Å². The van der Waals surface area contributed by atoms with E-state index in [0.717, 1.165) is 34.3 Å². The van der Waals surface area contributed by atoms with Crippen molar-refractivity contribution in [2.45, 2.75) is 0 Å². The zero-order chi connectivity index (χ0) is 21.3. The fraction of sp³-hybridized carbons (Fsp3) is 0. The summed E-state index contributed by atoms with van der Waals surface area (Å²) in [6.45, 7) is 0. The Balaban J connectivity index is 1.41. The van der Waals surface area contributed by atoms with E-state index in [1.54, 1.807) is 48.5 Å². The first-order valence-electron chi connectivity index (χ1n) is 8.83. The lowest BCUT2D eigenvalue weighted by Gasteiger charge is -2.17. The number of carbonyl (C=O) groups excluding carboxylic acids is 5. The van der Waals surface area contributed by atoms with E-state index in [1.165, 1.54) is 0 Å². The number of benzene rings is 2. The quantitative estimate of drug-likeness (QED) is 0.555. The average Bonchev–Trinajstić information content (AvgIpc) is 3.24. The van der Waals surface area contributed by atoms with E-state index < -0.39 is 23.6 Å². The van der Waals surface area contributed by atoms with E-state index in [-0.39, 0.29) is 5.78 Å². The van der Waals surface area contributed by atoms with E-state index in [2.05, 4.69) is 10.9 Å². The zero-order valence-electron chi connectivity index (χ0n) is 15.4. The summed E-state index contributed by atoms with van der Waals surface area (Å²) in [7, 11) is 0. The van der Waals surface area contributed by atoms with Crippen molar-refractivity contribution in [2.75, 3.05) is 10.9 Å². The minimum atomic E-state index is -0.470. The van der Waals surface area contributed by atoms with Crippen molar-refractivity contribution < 1.29 is 24.0 Å². The van der Waals surface area contributed by atoms with E-state index in [4.69, 9.17) is 0 Å². The van der Waals surface area contributed by atoms with Crippen LogP contribution in [0.15, 0.2) is 72.8 Å². The third kappa shape index (κ3) is 3.59. The molecule has 0 unspecified atom stereocenters. The Bertz CT molecular complexity index is 1010. The molecule has 30 heavy (non-hydrogen) atoms. The van der Waals surface area contributed by atoms with Gasteiger partial charge in [0.2, 0.25) is 0 Å². The molecule has 9 heteroatoms. The van der Waals surface area contributed by atoms with Gasteiger partial charge in [-0.1, -0.05) is 0 Å². The second kappa shape index (κ2) is 7.47. The maximum absolute atomic E-state index is 12.7. The SMILES string of the molecule is O=C(c1ccc(NN2C(=O)C=CC2=O)cc1)c1ccc(NN2C(=O)C=CC2=O)cc1. The Labute approximate surface area is 170 Å². The van der Waals surface area contributed by atoms with Gasteiger partial charge in [-0.05, 0) is 48.5 Å². The Morgan fingerprint density at radius 1 is 0.533 bits per heavy atom. The van der Waals surface area contributed by atoms with Crippen LogP contribution in [0.5, 0.6) is 0 Å². The minimum Gasteiger partial charge on any atom is -0.289 e. The first kappa shape index (κ1) is 18.8. The molecule has 0 aromatic heterocycles. The summed E-state index contributed by atoms with van der Waals surface area (Å²) >= 11 is 0. The highest BCUT2D eigenvalue weighted by molar-refractivity contribution is 6.14. The Morgan fingerprint density at radius 2 is 0.833 bits per heavy atom. The van der Waals surface area contributed by atoms with Crippen molar-refractivity contribution >= 4 is 40.8 Å². The second-order valence-corrected chi connectivity index (χ2v) is 6.40. The lowest BCUT2D eigenvalue weighted by Crippen LogP contribution is -2.35. The van der Waals surface area contributed by atoms with Crippen molar-refractivity contribution in [3.05, 3.63) is 84.0 Å². The summed E-state index contributed by atoms with van der Waals surface area (Å²) in [4.78, 5) is 59.0. The summed E-state index contributed by atoms with van der Waals surface area (Å²) in [5, 5.41) is 1.74. The molecule has 2 N–H and O–H groups in total. The molecule has 4 rings (SSSR count). The number of imide groups is 2. The van der Waals surface area contributed by atoms with E-state index in [0.29, 0.717) is 22.5 Å². The molecule has 148 valence electrons. The average molecular weight is 402 g/mol. The van der Waals surface area contributed by atoms with Gasteiger partial charge in [0.15, 0.2) is 5.78 Å². The van der Waals surface area contributed by atoms with Crippen LogP contribution in [0.4, 0.5) is 11.4 Å². The third-order valence-electron chi connectivity index (χ3n) is 4.39. The van der Waals surface area contributed by atoms with Crippen LogP contribution in [0.1, 0.15) is 15.9 Å². The molecule has 4 amide bonds. The molecule has 0 aliphatic carbocycles. The second-order valence-electron chi connectivity index (χ2n) is 6.40. The van der Waals surface area contributed by atoms with Gasteiger partial charge in [-0.15, -0.1) is 0 Å². The Morgan fingerprint density at radius 3 is 1.13 bits per heavy atom. The monoisotopic (exact) mass is 402 g/mol. The van der Waals surface area contributed by atoms with Crippen molar-refractivity contribution in [3.8, 4) is 0 Å². The fourth-order valence-corrected chi connectivity index (χ4v) is 2.84. The molecule has 2 heterocycles. The lowest BCUT2D eigenvalue weighted by molar-refractivity contribution is -0.136. The number of hydrazine groups is 2. The van der Waals surface area contributed by atoms with Crippen molar-refractivity contribution in [1.82, 2.24) is 10.0 Å². The van der Waals surface area contributed by atoms with Crippen molar-refractivity contribution in [2.24, 2.45) is 0 Å². The number of nitrogens with zero attached hydrogens (tertiary/aromatic N) is 2. The summed E-state index contributed by atoms with van der Waals surface area (Å²) in [5.74, 6) is -2.12. The molecule has 0 saturated carbocycles. The van der Waals surface area contributed by atoms with Crippen LogP contribution in [0, 0.1) is 0 Å². The molecule has 0 bridgehead atoms. The number of nitrogens with one attached hydrogen (secondary N) is 2. The highest BCUT2D eigenvalue weighted by Crippen LogP contribution is 2.18. The van der Waals surface area contributed by atoms with E-state index >= 15 is 0 Å². The van der Waals surface area contributed by atoms with E-state index in [1.807, 2.05) is 0 Å². The largest absolute Gasteiger partial charge is 0.289 e. The molecule has 2 aliphatic heterocycles. The number of anilines is 2. The summed E-state index contributed by atoms with van der Waals surface area (Å²) in [6, 6.07) is 12.6. The van der Waals surface area contributed by atoms with Gasteiger partial charge in [0, 0.05) is 35.4 Å². The molecular formula is C21H14N4O5. The van der Waals surface area contributed by atoms with Gasteiger partial charge in [-0.25, -0.2) is 0 Å². The molecule has 0 fully saturated rings. The Kier molecular flexibility index (Phi) is 4.69. The van der Waals surface area contributed by atoms with Crippen molar-refractivity contribution in [1.29, 1.82) is 0 Å². The predicted octanol–water partition coefficient (Wildman–Crippen LogP) is 1.42. The van der Waals surface area contributed by atoms with Gasteiger partial charge in [0.25, 0.3) is 23.6 Å². The number of rotatable bonds is 6. The highest BCUT2D eigenvalue weighted by Gasteiger charge is 2.24. The molecule has 0 saturated heterocycles. The van der Waals surface area contributed by atoms with Crippen LogP contribution in [0.25, 0.3) is 0 Å². The number of carbonyl (C=O) groups is 5. The normalized spacial score (nSPS) is 15.3. The summed E-state index contributed by atoms with van der Waals surface area (Å²) in [6.07, 6.45) is 4.66. The maximum atomic E-state index is 12.7. The highest BCUT2D eigenvalue weighted by atomic mass is 16.2. The number of hydrogen-bond donors (Lipinski definition) is 2. The molecule has 2 aromatic carbocycles.